The number of carboxylic acids is 1. The number of carboxylic acid groups (broad SMARTS) is 1. The predicted molar refractivity (Wildman–Crippen MR) is 79.8 cm³/mol. The summed E-state index contributed by atoms with van der Waals surface area (Å²) < 4.78 is 0. The normalized spacial score (nSPS) is 20.3. The summed E-state index contributed by atoms with van der Waals surface area (Å²) in [5.74, 6) is -0.834. The second kappa shape index (κ2) is 6.18. The van der Waals surface area contributed by atoms with Crippen LogP contribution in [-0.2, 0) is 11.3 Å². The van der Waals surface area contributed by atoms with Crippen LogP contribution in [0.2, 0.25) is 0 Å². The van der Waals surface area contributed by atoms with Crippen LogP contribution in [0.15, 0.2) is 30.7 Å². The topological polar surface area (TPSA) is 66.3 Å². The van der Waals surface area contributed by atoms with Crippen LogP contribution < -0.4 is 0 Å². The minimum absolute atomic E-state index is 0.181. The largest absolute Gasteiger partial charge is 0.481 e. The third kappa shape index (κ3) is 3.36. The van der Waals surface area contributed by atoms with Gasteiger partial charge in [0.25, 0.3) is 0 Å². The number of aromatic nitrogens is 2. The van der Waals surface area contributed by atoms with Gasteiger partial charge in [0.05, 0.1) is 11.4 Å². The number of rotatable bonds is 3. The van der Waals surface area contributed by atoms with Gasteiger partial charge in [0.2, 0.25) is 0 Å². The van der Waals surface area contributed by atoms with Gasteiger partial charge in [0.1, 0.15) is 6.33 Å². The molecule has 1 aromatic heterocycles. The summed E-state index contributed by atoms with van der Waals surface area (Å²) in [7, 11) is 0. The minimum Gasteiger partial charge on any atom is -0.481 e. The summed E-state index contributed by atoms with van der Waals surface area (Å²) in [6, 6.07) is 6.23. The van der Waals surface area contributed by atoms with Crippen LogP contribution in [0.1, 0.15) is 24.8 Å². The molecule has 110 valence electrons. The zero-order valence-electron chi connectivity index (χ0n) is 11.9. The highest BCUT2D eigenvalue weighted by Gasteiger charge is 2.22. The third-order valence-electron chi connectivity index (χ3n) is 4.15. The Kier molecular flexibility index (Phi) is 4.10. The van der Waals surface area contributed by atoms with E-state index in [9.17, 15) is 4.79 Å². The van der Waals surface area contributed by atoms with E-state index in [4.69, 9.17) is 5.11 Å². The molecule has 1 unspecified atom stereocenters. The van der Waals surface area contributed by atoms with Crippen LogP contribution in [-0.4, -0.2) is 39.0 Å². The van der Waals surface area contributed by atoms with Gasteiger partial charge >= 0.3 is 5.97 Å². The minimum atomic E-state index is -0.653. The molecule has 0 spiro atoms. The molecule has 0 radical (unpaired) electrons. The number of nitrogens with zero attached hydrogens (tertiary/aromatic N) is 3. The van der Waals surface area contributed by atoms with E-state index in [0.717, 1.165) is 49.8 Å². The van der Waals surface area contributed by atoms with Crippen molar-refractivity contribution < 1.29 is 9.90 Å². The van der Waals surface area contributed by atoms with Crippen molar-refractivity contribution in [1.82, 2.24) is 14.9 Å². The van der Waals surface area contributed by atoms with Gasteiger partial charge in [0, 0.05) is 18.1 Å². The van der Waals surface area contributed by atoms with Gasteiger partial charge in [-0.3, -0.25) is 9.69 Å². The summed E-state index contributed by atoms with van der Waals surface area (Å²) >= 11 is 0. The molecule has 1 aromatic carbocycles. The highest BCUT2D eigenvalue weighted by atomic mass is 16.4. The van der Waals surface area contributed by atoms with E-state index in [2.05, 4.69) is 27.0 Å². The first-order chi connectivity index (χ1) is 10.2. The molecule has 0 saturated carbocycles. The molecule has 5 heteroatoms. The average Bonchev–Trinajstić information content (AvgIpc) is 2.73. The van der Waals surface area contributed by atoms with Crippen LogP contribution in [0.4, 0.5) is 0 Å². The molecular weight excluding hydrogens is 266 g/mol. The Hall–Kier alpha value is -2.01. The van der Waals surface area contributed by atoms with Crippen molar-refractivity contribution >= 4 is 16.9 Å². The first-order valence-corrected chi connectivity index (χ1v) is 7.36. The molecule has 0 bridgehead atoms. The van der Waals surface area contributed by atoms with Gasteiger partial charge in [-0.1, -0.05) is 6.07 Å². The fraction of sp³-hybridized carbons (Fsp3) is 0.438. The Bertz CT molecular complexity index is 644. The number of carbonyl (C=O) groups is 1. The molecule has 2 heterocycles. The number of hydrogen-bond donors (Lipinski definition) is 1. The molecule has 1 aliphatic heterocycles. The fourth-order valence-electron chi connectivity index (χ4n) is 2.95. The highest BCUT2D eigenvalue weighted by Crippen LogP contribution is 2.20. The molecule has 0 aliphatic carbocycles. The Balaban J connectivity index is 1.68. The summed E-state index contributed by atoms with van der Waals surface area (Å²) in [6.45, 7) is 2.67. The standard InChI is InChI=1S/C16H19N3O2/c20-16(21)13-2-1-6-19(7-5-13)10-12-3-4-15-14(8-12)9-17-11-18-15/h3-4,8-9,11,13H,1-2,5-7,10H2,(H,20,21). The molecule has 5 nitrogen and oxygen atoms in total. The van der Waals surface area contributed by atoms with Crippen molar-refractivity contribution in [3.63, 3.8) is 0 Å². The Morgan fingerprint density at radius 1 is 1.33 bits per heavy atom. The van der Waals surface area contributed by atoms with E-state index in [1.807, 2.05) is 12.3 Å². The van der Waals surface area contributed by atoms with Crippen LogP contribution in [0, 0.1) is 5.92 Å². The van der Waals surface area contributed by atoms with E-state index >= 15 is 0 Å². The fourth-order valence-corrected chi connectivity index (χ4v) is 2.95. The van der Waals surface area contributed by atoms with E-state index in [-0.39, 0.29) is 5.92 Å². The molecule has 1 aliphatic rings. The Morgan fingerprint density at radius 3 is 3.10 bits per heavy atom. The quantitative estimate of drug-likeness (QED) is 0.937. The van der Waals surface area contributed by atoms with Crippen LogP contribution >= 0.6 is 0 Å². The maximum absolute atomic E-state index is 11.1. The van der Waals surface area contributed by atoms with Gasteiger partial charge in [0.15, 0.2) is 0 Å². The lowest BCUT2D eigenvalue weighted by Gasteiger charge is -2.20. The second-order valence-electron chi connectivity index (χ2n) is 5.66. The summed E-state index contributed by atoms with van der Waals surface area (Å²) in [4.78, 5) is 21.7. The molecule has 1 saturated heterocycles. The zero-order chi connectivity index (χ0) is 14.7. The molecule has 0 amide bonds. The molecule has 1 N–H and O–H groups in total. The number of aliphatic carboxylic acids is 1. The lowest BCUT2D eigenvalue weighted by molar-refractivity contribution is -0.142. The maximum Gasteiger partial charge on any atom is 0.306 e. The van der Waals surface area contributed by atoms with Crippen molar-refractivity contribution in [3.8, 4) is 0 Å². The Morgan fingerprint density at radius 2 is 2.24 bits per heavy atom. The molecule has 1 atom stereocenters. The van der Waals surface area contributed by atoms with E-state index in [1.54, 1.807) is 6.33 Å². The van der Waals surface area contributed by atoms with Crippen LogP contribution in [0.3, 0.4) is 0 Å². The third-order valence-corrected chi connectivity index (χ3v) is 4.15. The lowest BCUT2D eigenvalue weighted by atomic mass is 10.0. The summed E-state index contributed by atoms with van der Waals surface area (Å²) in [5, 5.41) is 10.2. The van der Waals surface area contributed by atoms with Crippen molar-refractivity contribution in [2.45, 2.75) is 25.8 Å². The molecule has 21 heavy (non-hydrogen) atoms. The van der Waals surface area contributed by atoms with E-state index < -0.39 is 5.97 Å². The van der Waals surface area contributed by atoms with Crippen molar-refractivity contribution in [3.05, 3.63) is 36.3 Å². The van der Waals surface area contributed by atoms with Crippen molar-refractivity contribution in [1.29, 1.82) is 0 Å². The zero-order valence-corrected chi connectivity index (χ0v) is 11.9. The molecule has 3 rings (SSSR count). The van der Waals surface area contributed by atoms with Gasteiger partial charge in [-0.15, -0.1) is 0 Å². The molecular formula is C16H19N3O2. The first kappa shape index (κ1) is 13.9. The maximum atomic E-state index is 11.1. The smallest absolute Gasteiger partial charge is 0.306 e. The predicted octanol–water partition coefficient (Wildman–Crippen LogP) is 2.32. The van der Waals surface area contributed by atoms with Gasteiger partial charge in [-0.05, 0) is 50.0 Å². The van der Waals surface area contributed by atoms with E-state index in [1.165, 1.54) is 5.56 Å². The monoisotopic (exact) mass is 285 g/mol. The van der Waals surface area contributed by atoms with Crippen LogP contribution in [0.25, 0.3) is 10.9 Å². The number of benzene rings is 1. The summed E-state index contributed by atoms with van der Waals surface area (Å²) in [5.41, 5.74) is 2.18. The highest BCUT2D eigenvalue weighted by molar-refractivity contribution is 5.77. The van der Waals surface area contributed by atoms with Crippen molar-refractivity contribution in [2.75, 3.05) is 13.1 Å². The van der Waals surface area contributed by atoms with Gasteiger partial charge in [-0.2, -0.15) is 0 Å². The lowest BCUT2D eigenvalue weighted by Crippen LogP contribution is -2.24. The second-order valence-corrected chi connectivity index (χ2v) is 5.66. The average molecular weight is 285 g/mol. The Labute approximate surface area is 123 Å². The first-order valence-electron chi connectivity index (χ1n) is 7.36. The van der Waals surface area contributed by atoms with Crippen molar-refractivity contribution in [2.24, 2.45) is 5.92 Å². The van der Waals surface area contributed by atoms with Gasteiger partial charge < -0.3 is 5.11 Å². The number of hydrogen-bond acceptors (Lipinski definition) is 4. The van der Waals surface area contributed by atoms with Gasteiger partial charge in [-0.25, -0.2) is 9.97 Å². The van der Waals surface area contributed by atoms with E-state index in [0.29, 0.717) is 0 Å². The van der Waals surface area contributed by atoms with Crippen LogP contribution in [0.5, 0.6) is 0 Å². The summed E-state index contributed by atoms with van der Waals surface area (Å²) in [6.07, 6.45) is 5.87. The molecule has 2 aromatic rings. The number of fused-ring (bicyclic) bond motifs is 1. The SMILES string of the molecule is O=C(O)C1CCCN(Cc2ccc3ncncc3c2)CC1. The molecule has 1 fully saturated rings. The number of likely N-dealkylation sites (tertiary alicyclic amines) is 1.